The van der Waals surface area contributed by atoms with Gasteiger partial charge in [-0.3, -0.25) is 9.59 Å². The van der Waals surface area contributed by atoms with E-state index in [1.807, 2.05) is 0 Å². The molecule has 0 aliphatic heterocycles. The van der Waals surface area contributed by atoms with Gasteiger partial charge in [0.15, 0.2) is 5.78 Å². The van der Waals surface area contributed by atoms with Gasteiger partial charge < -0.3 is 5.11 Å². The first kappa shape index (κ1) is 12.0. The number of aliphatic carboxylic acids is 1. The number of rotatable bonds is 4. The molecule has 0 unspecified atom stereocenters. The number of carboxylic acid groups (broad SMARTS) is 1. The molecule has 0 heterocycles. The van der Waals surface area contributed by atoms with Crippen molar-refractivity contribution < 1.29 is 28.3 Å². The van der Waals surface area contributed by atoms with E-state index in [0.29, 0.717) is 6.07 Å². The van der Waals surface area contributed by atoms with Gasteiger partial charge >= 0.3 is 5.97 Å². The lowest BCUT2D eigenvalue weighted by Gasteiger charge is -2.00. The Morgan fingerprint density at radius 2 is 1.81 bits per heavy atom. The van der Waals surface area contributed by atoms with E-state index in [4.69, 9.17) is 5.11 Å². The lowest BCUT2D eigenvalue weighted by Crippen LogP contribution is -2.17. The molecule has 0 aliphatic carbocycles. The first-order valence-electron chi connectivity index (χ1n) is 4.16. The zero-order valence-electron chi connectivity index (χ0n) is 7.87. The second-order valence-electron chi connectivity index (χ2n) is 2.95. The zero-order chi connectivity index (χ0) is 12.3. The predicted molar refractivity (Wildman–Crippen MR) is 47.9 cm³/mol. The number of halogens is 2. The molecule has 0 amide bonds. The lowest BCUT2D eigenvalue weighted by molar-refractivity contribution is -0.148. The Hall–Kier alpha value is -2.11. The van der Waals surface area contributed by atoms with E-state index >= 15 is 0 Å². The quantitative estimate of drug-likeness (QED) is 0.477. The maximum atomic E-state index is 13.0. The monoisotopic (exact) mass is 228 g/mol. The molecule has 0 aromatic heterocycles. The van der Waals surface area contributed by atoms with Crippen LogP contribution in [0.25, 0.3) is 0 Å². The summed E-state index contributed by atoms with van der Waals surface area (Å²) in [5.74, 6) is -6.09. The van der Waals surface area contributed by atoms with Crippen molar-refractivity contribution in [2.45, 2.75) is 6.42 Å². The molecule has 16 heavy (non-hydrogen) atoms. The van der Waals surface area contributed by atoms with Gasteiger partial charge in [-0.25, -0.2) is 13.6 Å². The summed E-state index contributed by atoms with van der Waals surface area (Å²) < 4.78 is 25.5. The van der Waals surface area contributed by atoms with Crippen molar-refractivity contribution in [2.24, 2.45) is 0 Å². The predicted octanol–water partition coefficient (Wildman–Crippen LogP) is 1.19. The van der Waals surface area contributed by atoms with Crippen molar-refractivity contribution in [3.8, 4) is 0 Å². The summed E-state index contributed by atoms with van der Waals surface area (Å²) in [6, 6.07) is 2.20. The van der Waals surface area contributed by atoms with E-state index in [1.165, 1.54) is 0 Å². The van der Waals surface area contributed by atoms with Crippen LogP contribution in [0.4, 0.5) is 8.78 Å². The van der Waals surface area contributed by atoms with Crippen LogP contribution in [-0.4, -0.2) is 22.6 Å². The van der Waals surface area contributed by atoms with E-state index in [9.17, 15) is 23.2 Å². The Labute approximate surface area is 88.5 Å². The van der Waals surface area contributed by atoms with Crippen molar-refractivity contribution >= 4 is 17.5 Å². The number of hydrogen-bond donors (Lipinski definition) is 1. The van der Waals surface area contributed by atoms with Gasteiger partial charge in [0.25, 0.3) is 0 Å². The Balaban J connectivity index is 2.89. The Bertz CT molecular complexity index is 468. The number of Topliss-reactive ketones (excluding diaryl/α,β-unsaturated/α-hetero) is 2. The summed E-state index contributed by atoms with van der Waals surface area (Å²) >= 11 is 0. The maximum Gasteiger partial charge on any atom is 0.372 e. The SMILES string of the molecule is O=C(O)C(=O)CC(=O)c1ccc(F)cc1F. The summed E-state index contributed by atoms with van der Waals surface area (Å²) in [6.07, 6.45) is -0.947. The average Bonchev–Trinajstić information content (AvgIpc) is 2.16. The molecule has 0 fully saturated rings. The highest BCUT2D eigenvalue weighted by Gasteiger charge is 2.20. The highest BCUT2D eigenvalue weighted by Crippen LogP contribution is 2.11. The summed E-state index contributed by atoms with van der Waals surface area (Å²) in [6.45, 7) is 0. The van der Waals surface area contributed by atoms with Gasteiger partial charge in [0.2, 0.25) is 5.78 Å². The number of carboxylic acids is 1. The molecule has 0 radical (unpaired) electrons. The summed E-state index contributed by atoms with van der Waals surface area (Å²) in [4.78, 5) is 32.1. The van der Waals surface area contributed by atoms with Crippen LogP contribution in [0, 0.1) is 11.6 Å². The van der Waals surface area contributed by atoms with E-state index in [1.54, 1.807) is 0 Å². The maximum absolute atomic E-state index is 13.0. The van der Waals surface area contributed by atoms with Crippen LogP contribution in [-0.2, 0) is 9.59 Å². The summed E-state index contributed by atoms with van der Waals surface area (Å²) in [5, 5.41) is 8.24. The number of hydrogen-bond acceptors (Lipinski definition) is 3. The minimum atomic E-state index is -1.77. The fourth-order valence-electron chi connectivity index (χ4n) is 1.03. The van der Waals surface area contributed by atoms with Gasteiger partial charge in [0.1, 0.15) is 11.6 Å². The molecule has 0 saturated heterocycles. The molecule has 1 N–H and O–H groups in total. The van der Waals surface area contributed by atoms with Crippen LogP contribution in [0.5, 0.6) is 0 Å². The molecule has 6 heteroatoms. The number of carbonyl (C=O) groups is 3. The minimum absolute atomic E-state index is 0.485. The summed E-state index contributed by atoms with van der Waals surface area (Å²) in [5.41, 5.74) is -0.504. The molecule has 4 nitrogen and oxygen atoms in total. The molecular formula is C10H6F2O4. The number of carbonyl (C=O) groups excluding carboxylic acids is 2. The molecule has 0 bridgehead atoms. The molecule has 1 aromatic carbocycles. The first-order valence-corrected chi connectivity index (χ1v) is 4.16. The van der Waals surface area contributed by atoms with Crippen LogP contribution in [0.15, 0.2) is 18.2 Å². The molecular weight excluding hydrogens is 222 g/mol. The highest BCUT2D eigenvalue weighted by molar-refractivity contribution is 6.37. The van der Waals surface area contributed by atoms with Crippen molar-refractivity contribution in [3.05, 3.63) is 35.4 Å². The van der Waals surface area contributed by atoms with Crippen LogP contribution in [0.2, 0.25) is 0 Å². The molecule has 0 atom stereocenters. The van der Waals surface area contributed by atoms with Crippen molar-refractivity contribution in [3.63, 3.8) is 0 Å². The third-order valence-electron chi connectivity index (χ3n) is 1.79. The van der Waals surface area contributed by atoms with Crippen molar-refractivity contribution in [1.82, 2.24) is 0 Å². The fraction of sp³-hybridized carbons (Fsp3) is 0.100. The standard InChI is InChI=1S/C10H6F2O4/c11-5-1-2-6(7(12)3-5)8(13)4-9(14)10(15)16/h1-3H,4H2,(H,15,16). The van der Waals surface area contributed by atoms with Gasteiger partial charge in [-0.15, -0.1) is 0 Å². The van der Waals surface area contributed by atoms with E-state index in [-0.39, 0.29) is 0 Å². The van der Waals surface area contributed by atoms with Crippen LogP contribution >= 0.6 is 0 Å². The van der Waals surface area contributed by atoms with Gasteiger partial charge in [-0.2, -0.15) is 0 Å². The van der Waals surface area contributed by atoms with E-state index in [2.05, 4.69) is 0 Å². The Morgan fingerprint density at radius 3 is 2.31 bits per heavy atom. The largest absolute Gasteiger partial charge is 0.475 e. The lowest BCUT2D eigenvalue weighted by atomic mass is 10.1. The molecule has 84 valence electrons. The van der Waals surface area contributed by atoms with E-state index < -0.39 is 41.2 Å². The second-order valence-corrected chi connectivity index (χ2v) is 2.95. The fourth-order valence-corrected chi connectivity index (χ4v) is 1.03. The zero-order valence-corrected chi connectivity index (χ0v) is 7.87. The number of benzene rings is 1. The smallest absolute Gasteiger partial charge is 0.372 e. The van der Waals surface area contributed by atoms with Gasteiger partial charge in [0.05, 0.1) is 12.0 Å². The van der Waals surface area contributed by atoms with Crippen molar-refractivity contribution in [2.75, 3.05) is 0 Å². The number of ketones is 2. The van der Waals surface area contributed by atoms with Gasteiger partial charge in [-0.05, 0) is 12.1 Å². The van der Waals surface area contributed by atoms with Gasteiger partial charge in [-0.1, -0.05) is 0 Å². The molecule has 0 aliphatic rings. The highest BCUT2D eigenvalue weighted by atomic mass is 19.1. The average molecular weight is 228 g/mol. The topological polar surface area (TPSA) is 71.4 Å². The van der Waals surface area contributed by atoms with E-state index in [0.717, 1.165) is 12.1 Å². The molecule has 1 rings (SSSR count). The van der Waals surface area contributed by atoms with Crippen LogP contribution in [0.1, 0.15) is 16.8 Å². The Morgan fingerprint density at radius 1 is 1.19 bits per heavy atom. The third kappa shape index (κ3) is 2.69. The molecule has 0 saturated carbocycles. The third-order valence-corrected chi connectivity index (χ3v) is 1.79. The van der Waals surface area contributed by atoms with Crippen molar-refractivity contribution in [1.29, 1.82) is 0 Å². The van der Waals surface area contributed by atoms with Gasteiger partial charge in [0, 0.05) is 6.07 Å². The summed E-state index contributed by atoms with van der Waals surface area (Å²) in [7, 11) is 0. The van der Waals surface area contributed by atoms with Crippen LogP contribution in [0.3, 0.4) is 0 Å². The first-order chi connectivity index (χ1) is 7.41. The molecule has 0 spiro atoms. The Kier molecular flexibility index (Phi) is 3.44. The van der Waals surface area contributed by atoms with Crippen LogP contribution < -0.4 is 0 Å². The normalized spacial score (nSPS) is 9.88. The second kappa shape index (κ2) is 4.61. The minimum Gasteiger partial charge on any atom is -0.475 e. The molecule has 1 aromatic rings.